The van der Waals surface area contributed by atoms with Crippen LogP contribution in [-0.4, -0.2) is 40.6 Å². The van der Waals surface area contributed by atoms with Crippen LogP contribution < -0.4 is 0 Å². The van der Waals surface area contributed by atoms with Crippen molar-refractivity contribution in [3.8, 4) is 0 Å². The molecule has 1 N–H and O–H groups in total. The van der Waals surface area contributed by atoms with Crippen LogP contribution in [0.15, 0.2) is 45.3 Å². The fourth-order valence-electron chi connectivity index (χ4n) is 3.91. The van der Waals surface area contributed by atoms with Gasteiger partial charge in [-0.1, -0.05) is 30.3 Å². The van der Waals surface area contributed by atoms with Crippen LogP contribution in [-0.2, 0) is 25.5 Å². The van der Waals surface area contributed by atoms with Crippen molar-refractivity contribution in [2.45, 2.75) is 58.3 Å². The topological polar surface area (TPSA) is 106 Å². The first-order valence-electron chi connectivity index (χ1n) is 10.9. The number of furan rings is 1. The first kappa shape index (κ1) is 25.0. The molecule has 8 nitrogen and oxygen atoms in total. The minimum Gasteiger partial charge on any atom is -0.461 e. The van der Waals surface area contributed by atoms with Crippen LogP contribution in [0.1, 0.15) is 62.9 Å². The van der Waals surface area contributed by atoms with Gasteiger partial charge < -0.3 is 19.0 Å². The van der Waals surface area contributed by atoms with E-state index in [1.54, 1.807) is 19.9 Å². The van der Waals surface area contributed by atoms with E-state index >= 15 is 0 Å². The molecule has 178 valence electrons. The number of amides is 2. The number of ether oxygens (including phenoxy) is 2. The number of unbranched alkanes of at least 4 members (excludes halogenated alkanes) is 1. The number of halogens is 1. The predicted molar refractivity (Wildman–Crippen MR) is 122 cm³/mol. The Morgan fingerprint density at radius 1 is 1.24 bits per heavy atom. The monoisotopic (exact) mass is 521 g/mol. The number of aryl methyl sites for hydroxylation is 1. The van der Waals surface area contributed by atoms with Gasteiger partial charge in [-0.3, -0.25) is 9.59 Å². The highest BCUT2D eigenvalue weighted by molar-refractivity contribution is 9.10. The molecule has 2 aromatic rings. The molecule has 2 heterocycles. The van der Waals surface area contributed by atoms with Crippen LogP contribution >= 0.6 is 15.9 Å². The summed E-state index contributed by atoms with van der Waals surface area (Å²) in [5.41, 5.74) is 0.792. The molecule has 33 heavy (non-hydrogen) atoms. The molecular formula is C24H28BrNO7. The number of cyclic esters (lactones) is 1. The van der Waals surface area contributed by atoms with Gasteiger partial charge in [-0.2, -0.15) is 0 Å². The lowest BCUT2D eigenvalue weighted by Crippen LogP contribution is -2.43. The summed E-state index contributed by atoms with van der Waals surface area (Å²) in [6.45, 7) is 4.67. The number of imide groups is 1. The van der Waals surface area contributed by atoms with Gasteiger partial charge in [-0.15, -0.1) is 0 Å². The van der Waals surface area contributed by atoms with Gasteiger partial charge in [-0.25, -0.2) is 9.69 Å². The summed E-state index contributed by atoms with van der Waals surface area (Å²) < 4.78 is 17.6. The van der Waals surface area contributed by atoms with Crippen LogP contribution in [0.5, 0.6) is 0 Å². The number of esters is 1. The van der Waals surface area contributed by atoms with E-state index in [4.69, 9.17) is 19.0 Å². The maximum absolute atomic E-state index is 13.4. The van der Waals surface area contributed by atoms with Gasteiger partial charge in [0, 0.05) is 20.0 Å². The summed E-state index contributed by atoms with van der Waals surface area (Å²) >= 11 is 3.44. The van der Waals surface area contributed by atoms with E-state index in [-0.39, 0.29) is 6.61 Å². The lowest BCUT2D eigenvalue weighted by molar-refractivity contribution is -0.154. The maximum atomic E-state index is 13.4. The van der Waals surface area contributed by atoms with Crippen LogP contribution in [0.25, 0.3) is 0 Å². The summed E-state index contributed by atoms with van der Waals surface area (Å²) in [6.07, 6.45) is -0.425. The Kier molecular flexibility index (Phi) is 8.31. The fraction of sp³-hybridized carbons (Fsp3) is 0.458. The number of carbonyl (C=O) groups is 3. The van der Waals surface area contributed by atoms with Crippen molar-refractivity contribution in [2.75, 3.05) is 6.61 Å². The van der Waals surface area contributed by atoms with Crippen molar-refractivity contribution in [3.63, 3.8) is 0 Å². The Labute approximate surface area is 201 Å². The number of hydrogen-bond donors (Lipinski definition) is 1. The molecule has 4 atom stereocenters. The summed E-state index contributed by atoms with van der Waals surface area (Å²) in [5.74, 6) is -1.06. The zero-order valence-electron chi connectivity index (χ0n) is 18.8. The van der Waals surface area contributed by atoms with E-state index in [0.29, 0.717) is 35.3 Å². The van der Waals surface area contributed by atoms with Crippen molar-refractivity contribution < 1.29 is 33.4 Å². The molecule has 2 amide bonds. The minimum absolute atomic E-state index is 0.0842. The molecule has 0 aliphatic carbocycles. The number of rotatable bonds is 9. The molecular weight excluding hydrogens is 494 g/mol. The first-order valence-corrected chi connectivity index (χ1v) is 11.7. The van der Waals surface area contributed by atoms with Crippen molar-refractivity contribution in [3.05, 3.63) is 58.0 Å². The molecule has 0 radical (unpaired) electrons. The van der Waals surface area contributed by atoms with Gasteiger partial charge >= 0.3 is 12.1 Å². The van der Waals surface area contributed by atoms with E-state index in [9.17, 15) is 14.4 Å². The molecule has 3 rings (SSSR count). The normalized spacial score (nSPS) is 19.8. The zero-order chi connectivity index (χ0) is 24.1. The van der Waals surface area contributed by atoms with E-state index in [1.165, 1.54) is 6.92 Å². The molecule has 1 aliphatic heterocycles. The van der Waals surface area contributed by atoms with Gasteiger partial charge in [0.05, 0.1) is 16.4 Å². The number of benzene rings is 1. The Morgan fingerprint density at radius 3 is 2.58 bits per heavy atom. The van der Waals surface area contributed by atoms with Crippen LogP contribution in [0, 0.1) is 5.92 Å². The molecule has 1 aromatic carbocycles. The first-order chi connectivity index (χ1) is 15.7. The highest BCUT2D eigenvalue weighted by Crippen LogP contribution is 2.37. The van der Waals surface area contributed by atoms with Crippen molar-refractivity contribution in [1.29, 1.82) is 0 Å². The average molecular weight is 522 g/mol. The van der Waals surface area contributed by atoms with Gasteiger partial charge in [0.1, 0.15) is 17.6 Å². The Hall–Kier alpha value is -2.65. The number of aliphatic hydroxyl groups is 1. The van der Waals surface area contributed by atoms with Crippen molar-refractivity contribution in [1.82, 2.24) is 4.90 Å². The van der Waals surface area contributed by atoms with Gasteiger partial charge in [-0.05, 0) is 54.2 Å². The molecule has 0 saturated carbocycles. The SMILES string of the molecule is CC(=O)O[C@H](c1cc(Br)c(CCCCO)o1)[C@H](C)C(=O)N1C(=O)O[C@H](c2ccccc2)[C@@H]1C. The Balaban J connectivity index is 1.82. The smallest absolute Gasteiger partial charge is 0.417 e. The number of hydrogen-bond acceptors (Lipinski definition) is 7. The molecule has 1 aromatic heterocycles. The van der Waals surface area contributed by atoms with Gasteiger partial charge in [0.2, 0.25) is 5.91 Å². The lowest BCUT2D eigenvalue weighted by Gasteiger charge is -2.26. The molecule has 1 saturated heterocycles. The van der Waals surface area contributed by atoms with Crippen LogP contribution in [0.2, 0.25) is 0 Å². The third kappa shape index (κ3) is 5.65. The number of carbonyl (C=O) groups excluding carboxylic acids is 3. The predicted octanol–water partition coefficient (Wildman–Crippen LogP) is 4.71. The lowest BCUT2D eigenvalue weighted by atomic mass is 9.98. The third-order valence-corrected chi connectivity index (χ3v) is 6.31. The fourth-order valence-corrected chi connectivity index (χ4v) is 4.42. The summed E-state index contributed by atoms with van der Waals surface area (Å²) in [4.78, 5) is 38.9. The maximum Gasteiger partial charge on any atom is 0.417 e. The standard InChI is InChI=1S/C24H28BrNO7/c1-14(21(31-16(3)28)20-13-18(25)19(32-20)11-7-8-12-27)23(29)26-15(2)22(33-24(26)30)17-9-5-4-6-10-17/h4-6,9-10,13-15,21-22,27H,7-8,11-12H2,1-3H3/t14-,15-,21-,22-/m0/s1. The van der Waals surface area contributed by atoms with E-state index in [1.807, 2.05) is 30.3 Å². The second kappa shape index (κ2) is 11.0. The summed E-state index contributed by atoms with van der Waals surface area (Å²) in [6, 6.07) is 10.4. The molecule has 1 fully saturated rings. The summed E-state index contributed by atoms with van der Waals surface area (Å²) in [5, 5.41) is 9.00. The van der Waals surface area contributed by atoms with Crippen LogP contribution in [0.4, 0.5) is 4.79 Å². The third-order valence-electron chi connectivity index (χ3n) is 5.64. The Bertz CT molecular complexity index is 990. The molecule has 9 heteroatoms. The summed E-state index contributed by atoms with van der Waals surface area (Å²) in [7, 11) is 0. The number of aliphatic hydroxyl groups excluding tert-OH is 1. The molecule has 0 spiro atoms. The second-order valence-electron chi connectivity index (χ2n) is 8.08. The quantitative estimate of drug-likeness (QED) is 0.376. The van der Waals surface area contributed by atoms with Crippen molar-refractivity contribution in [2.24, 2.45) is 5.92 Å². The van der Waals surface area contributed by atoms with E-state index in [2.05, 4.69) is 15.9 Å². The van der Waals surface area contributed by atoms with E-state index < -0.39 is 42.1 Å². The molecule has 1 aliphatic rings. The zero-order valence-corrected chi connectivity index (χ0v) is 20.4. The largest absolute Gasteiger partial charge is 0.461 e. The average Bonchev–Trinajstić information content (AvgIpc) is 3.30. The highest BCUT2D eigenvalue weighted by atomic mass is 79.9. The highest BCUT2D eigenvalue weighted by Gasteiger charge is 2.46. The molecule has 0 bridgehead atoms. The van der Waals surface area contributed by atoms with Crippen molar-refractivity contribution >= 4 is 33.9 Å². The Morgan fingerprint density at radius 2 is 1.94 bits per heavy atom. The minimum atomic E-state index is -1.02. The van der Waals surface area contributed by atoms with Gasteiger partial charge in [0.15, 0.2) is 6.10 Å². The number of nitrogens with zero attached hydrogens (tertiary/aromatic N) is 1. The second-order valence-corrected chi connectivity index (χ2v) is 8.94. The van der Waals surface area contributed by atoms with Gasteiger partial charge in [0.25, 0.3) is 0 Å². The van der Waals surface area contributed by atoms with Crippen LogP contribution in [0.3, 0.4) is 0 Å². The molecule has 0 unspecified atom stereocenters. The van der Waals surface area contributed by atoms with E-state index in [0.717, 1.165) is 10.5 Å².